The average molecular weight is 342 g/mol. The Balaban J connectivity index is 2.02. The van der Waals surface area contributed by atoms with Crippen LogP contribution in [0.2, 0.25) is 0 Å². The third-order valence-electron chi connectivity index (χ3n) is 6.27. The van der Waals surface area contributed by atoms with E-state index in [1.807, 2.05) is 0 Å². The van der Waals surface area contributed by atoms with E-state index in [1.54, 1.807) is 0 Å². The second-order valence-corrected chi connectivity index (χ2v) is 7.73. The van der Waals surface area contributed by atoms with Gasteiger partial charge in [-0.05, 0) is 92.0 Å². The van der Waals surface area contributed by atoms with E-state index in [4.69, 9.17) is 0 Å². The third-order valence-corrected chi connectivity index (χ3v) is 6.27. The van der Waals surface area contributed by atoms with Crippen molar-refractivity contribution in [2.75, 3.05) is 0 Å². The largest absolute Gasteiger partial charge is 0.0663 e. The van der Waals surface area contributed by atoms with E-state index in [1.165, 1.54) is 65.0 Å². The standard InChI is InChI=1S/C27H18/c1-15-8-9-19-17(3)21-10-12-23-22-7-5-4-6-18(22)16(2)20-11-13-24(25(19)14-15)27(21)26(20)23/h4-7,10-14H,1-3H3. The Bertz CT molecular complexity index is 1530. The van der Waals surface area contributed by atoms with Gasteiger partial charge in [-0.1, -0.05) is 60.7 Å². The summed E-state index contributed by atoms with van der Waals surface area (Å²) < 4.78 is 0. The molecule has 0 heteroatoms. The molecule has 27 heavy (non-hydrogen) atoms. The Morgan fingerprint density at radius 3 is 1.85 bits per heavy atom. The quantitative estimate of drug-likeness (QED) is 0.199. The van der Waals surface area contributed by atoms with Crippen molar-refractivity contribution in [1.29, 1.82) is 0 Å². The summed E-state index contributed by atoms with van der Waals surface area (Å²) in [4.78, 5) is 0. The topological polar surface area (TPSA) is 0 Å². The second kappa shape index (κ2) is 4.90. The zero-order valence-corrected chi connectivity index (χ0v) is 15.7. The lowest BCUT2D eigenvalue weighted by molar-refractivity contribution is 1.51. The maximum absolute atomic E-state index is 3.41. The monoisotopic (exact) mass is 342 g/mol. The van der Waals surface area contributed by atoms with Gasteiger partial charge in [-0.25, -0.2) is 0 Å². The number of aryl methyl sites for hydroxylation is 3. The maximum atomic E-state index is 3.41. The van der Waals surface area contributed by atoms with Crippen LogP contribution in [0.3, 0.4) is 0 Å². The van der Waals surface area contributed by atoms with Gasteiger partial charge in [0.15, 0.2) is 0 Å². The number of hydrogen-bond acceptors (Lipinski definition) is 0. The molecule has 0 saturated carbocycles. The fraction of sp³-hybridized carbons (Fsp3) is 0.111. The molecule has 6 aromatic carbocycles. The first-order valence-electron chi connectivity index (χ1n) is 9.48. The van der Waals surface area contributed by atoms with Crippen LogP contribution in [-0.2, 0) is 0 Å². The highest BCUT2D eigenvalue weighted by atomic mass is 14.2. The first-order valence-corrected chi connectivity index (χ1v) is 9.48. The van der Waals surface area contributed by atoms with Gasteiger partial charge >= 0.3 is 0 Å². The predicted molar refractivity (Wildman–Crippen MR) is 117 cm³/mol. The van der Waals surface area contributed by atoms with Gasteiger partial charge in [-0.3, -0.25) is 0 Å². The summed E-state index contributed by atoms with van der Waals surface area (Å²) in [5, 5.41) is 13.3. The summed E-state index contributed by atoms with van der Waals surface area (Å²) in [7, 11) is 0. The summed E-state index contributed by atoms with van der Waals surface area (Å²) in [6.45, 7) is 6.58. The van der Waals surface area contributed by atoms with E-state index in [0.29, 0.717) is 0 Å². The molecule has 0 bridgehead atoms. The van der Waals surface area contributed by atoms with Crippen molar-refractivity contribution in [2.24, 2.45) is 0 Å². The van der Waals surface area contributed by atoms with Crippen molar-refractivity contribution < 1.29 is 0 Å². The van der Waals surface area contributed by atoms with Crippen LogP contribution in [0.5, 0.6) is 0 Å². The van der Waals surface area contributed by atoms with Gasteiger partial charge in [0, 0.05) is 5.39 Å². The third kappa shape index (κ3) is 1.74. The van der Waals surface area contributed by atoms with Crippen molar-refractivity contribution in [3.05, 3.63) is 83.4 Å². The molecule has 126 valence electrons. The molecule has 0 nitrogen and oxygen atoms in total. The molecule has 6 rings (SSSR count). The fourth-order valence-corrected chi connectivity index (χ4v) is 4.96. The van der Waals surface area contributed by atoms with Crippen molar-refractivity contribution in [2.45, 2.75) is 20.8 Å². The molecule has 0 fully saturated rings. The van der Waals surface area contributed by atoms with E-state index in [-0.39, 0.29) is 0 Å². The van der Waals surface area contributed by atoms with Gasteiger partial charge in [-0.2, -0.15) is 0 Å². The zero-order valence-electron chi connectivity index (χ0n) is 15.7. The van der Waals surface area contributed by atoms with Gasteiger partial charge < -0.3 is 0 Å². The molecule has 6 aromatic rings. The van der Waals surface area contributed by atoms with Gasteiger partial charge in [0.05, 0.1) is 0 Å². The van der Waals surface area contributed by atoms with E-state index in [2.05, 4.69) is 87.5 Å². The summed E-state index contributed by atoms with van der Waals surface area (Å²) in [5.41, 5.74) is 3.81. The molecule has 0 unspecified atom stereocenters. The lowest BCUT2D eigenvalue weighted by Crippen LogP contribution is -1.92. The van der Waals surface area contributed by atoms with Crippen LogP contribution in [0, 0.1) is 32.9 Å². The number of hydrogen-bond donors (Lipinski definition) is 0. The normalized spacial score (nSPS) is 12.0. The fourth-order valence-electron chi connectivity index (χ4n) is 4.96. The van der Waals surface area contributed by atoms with Crippen LogP contribution in [0.25, 0.3) is 53.9 Å². The van der Waals surface area contributed by atoms with Crippen molar-refractivity contribution in [3.8, 4) is 0 Å². The predicted octanol–water partition coefficient (Wildman–Crippen LogP) is 7.42. The molecule has 0 amide bonds. The number of benzene rings is 5. The first-order chi connectivity index (χ1) is 13.1. The van der Waals surface area contributed by atoms with Gasteiger partial charge in [-0.15, -0.1) is 0 Å². The molecule has 0 aliphatic heterocycles. The van der Waals surface area contributed by atoms with Crippen LogP contribution in [-0.4, -0.2) is 0 Å². The summed E-state index contributed by atoms with van der Waals surface area (Å²) in [5.74, 6) is 0. The highest BCUT2D eigenvalue weighted by Crippen LogP contribution is 2.43. The SMILES string of the molecule is Cc1c#cc2c(C)c3ccc4c5ccccc5c(C)c5ccc(c2c1)c3c54. The van der Waals surface area contributed by atoms with Crippen LogP contribution >= 0.6 is 0 Å². The number of rotatable bonds is 0. The van der Waals surface area contributed by atoms with Crippen LogP contribution < -0.4 is 0 Å². The molecular weight excluding hydrogens is 324 g/mol. The van der Waals surface area contributed by atoms with Crippen molar-refractivity contribution in [1.82, 2.24) is 0 Å². The summed E-state index contributed by atoms with van der Waals surface area (Å²) >= 11 is 0. The minimum Gasteiger partial charge on any atom is -0.0663 e. The molecule has 0 N–H and O–H groups in total. The Hall–Kier alpha value is -3.30. The highest BCUT2D eigenvalue weighted by molar-refractivity contribution is 6.34. The Morgan fingerprint density at radius 1 is 0.519 bits per heavy atom. The molecule has 0 spiro atoms. The first kappa shape index (κ1) is 14.8. The van der Waals surface area contributed by atoms with Crippen LogP contribution in [0.1, 0.15) is 16.7 Å². The molecular formula is C27H18. The van der Waals surface area contributed by atoms with Gasteiger partial charge in [0.1, 0.15) is 0 Å². The summed E-state index contributed by atoms with van der Waals surface area (Å²) in [6.07, 6.45) is 0. The smallest absolute Gasteiger partial charge is 0.0363 e. The second-order valence-electron chi connectivity index (χ2n) is 7.73. The number of fused-ring (bicyclic) bond motifs is 4. The van der Waals surface area contributed by atoms with Crippen molar-refractivity contribution >= 4 is 53.9 Å². The molecule has 0 atom stereocenters. The molecule has 0 aliphatic carbocycles. The zero-order chi connectivity index (χ0) is 18.3. The van der Waals surface area contributed by atoms with Crippen molar-refractivity contribution in [3.63, 3.8) is 0 Å². The minimum absolute atomic E-state index is 1.14. The maximum Gasteiger partial charge on any atom is 0.0363 e. The van der Waals surface area contributed by atoms with Gasteiger partial charge in [0.2, 0.25) is 0 Å². The molecule has 0 heterocycles. The van der Waals surface area contributed by atoms with Gasteiger partial charge in [0.25, 0.3) is 0 Å². The average Bonchev–Trinajstić information content (AvgIpc) is 2.70. The molecule has 0 aromatic heterocycles. The minimum atomic E-state index is 1.14. The Morgan fingerprint density at radius 2 is 1.11 bits per heavy atom. The summed E-state index contributed by atoms with van der Waals surface area (Å²) in [6, 6.07) is 26.9. The Kier molecular flexibility index (Phi) is 2.69. The van der Waals surface area contributed by atoms with E-state index in [9.17, 15) is 0 Å². The van der Waals surface area contributed by atoms with E-state index in [0.717, 1.165) is 5.56 Å². The van der Waals surface area contributed by atoms with E-state index < -0.39 is 0 Å². The molecule has 0 radical (unpaired) electrons. The lowest BCUT2D eigenvalue weighted by atomic mass is 9.85. The van der Waals surface area contributed by atoms with Crippen LogP contribution in [0.4, 0.5) is 0 Å². The Labute approximate surface area is 158 Å². The lowest BCUT2D eigenvalue weighted by Gasteiger charge is -2.18. The highest BCUT2D eigenvalue weighted by Gasteiger charge is 2.17. The van der Waals surface area contributed by atoms with Crippen LogP contribution in [0.15, 0.2) is 54.6 Å². The molecule has 0 aliphatic rings. The van der Waals surface area contributed by atoms with E-state index >= 15 is 0 Å². The molecule has 0 saturated heterocycles.